The van der Waals surface area contributed by atoms with E-state index in [1.54, 1.807) is 12.1 Å². The van der Waals surface area contributed by atoms with Crippen molar-refractivity contribution in [1.29, 1.82) is 0 Å². The molecule has 116 valence electrons. The molecule has 0 aliphatic carbocycles. The van der Waals surface area contributed by atoms with Crippen molar-refractivity contribution in [3.8, 4) is 0 Å². The summed E-state index contributed by atoms with van der Waals surface area (Å²) in [7, 11) is 0. The third-order valence-electron chi connectivity index (χ3n) is 3.26. The number of hydrogen-bond acceptors (Lipinski definition) is 3. The quantitative estimate of drug-likeness (QED) is 0.780. The van der Waals surface area contributed by atoms with Gasteiger partial charge in [0.2, 0.25) is 0 Å². The minimum Gasteiger partial charge on any atom is -0.321 e. The van der Waals surface area contributed by atoms with Crippen molar-refractivity contribution in [2.45, 2.75) is 6.18 Å². The second kappa shape index (κ2) is 5.68. The Labute approximate surface area is 129 Å². The van der Waals surface area contributed by atoms with Crippen LogP contribution in [0.2, 0.25) is 0 Å². The van der Waals surface area contributed by atoms with Crippen molar-refractivity contribution in [2.75, 3.05) is 5.32 Å². The van der Waals surface area contributed by atoms with Crippen LogP contribution in [0.4, 0.5) is 18.9 Å². The summed E-state index contributed by atoms with van der Waals surface area (Å²) >= 11 is 0. The van der Waals surface area contributed by atoms with Gasteiger partial charge in [0.1, 0.15) is 0 Å². The van der Waals surface area contributed by atoms with Gasteiger partial charge in [-0.2, -0.15) is 13.2 Å². The average Bonchev–Trinajstić information content (AvgIpc) is 2.54. The largest absolute Gasteiger partial charge is 0.416 e. The zero-order chi connectivity index (χ0) is 16.4. The van der Waals surface area contributed by atoms with Crippen LogP contribution in [0.25, 0.3) is 10.9 Å². The molecule has 1 aromatic carbocycles. The maximum Gasteiger partial charge on any atom is 0.416 e. The Balaban J connectivity index is 1.97. The van der Waals surface area contributed by atoms with Gasteiger partial charge in [0.15, 0.2) is 0 Å². The first kappa shape index (κ1) is 15.0. The summed E-state index contributed by atoms with van der Waals surface area (Å²) in [5.74, 6) is -0.375. The standard InChI is InChI=1S/C16H10F3N3O/c17-16(18,19)11-1-2-12-13(5-8-21-14(12)9-11)22-15(23)10-3-6-20-7-4-10/h1-9H,(H,21,22,23). The number of nitrogens with zero attached hydrogens (tertiary/aromatic N) is 2. The Kier molecular flexibility index (Phi) is 3.69. The van der Waals surface area contributed by atoms with E-state index in [4.69, 9.17) is 0 Å². The van der Waals surface area contributed by atoms with Gasteiger partial charge in [0.25, 0.3) is 5.91 Å². The van der Waals surface area contributed by atoms with Crippen LogP contribution in [0, 0.1) is 0 Å². The van der Waals surface area contributed by atoms with E-state index < -0.39 is 11.7 Å². The zero-order valence-electron chi connectivity index (χ0n) is 11.6. The third-order valence-corrected chi connectivity index (χ3v) is 3.26. The maximum atomic E-state index is 12.7. The van der Waals surface area contributed by atoms with Crippen LogP contribution in [0.3, 0.4) is 0 Å². The highest BCUT2D eigenvalue weighted by molar-refractivity contribution is 6.08. The van der Waals surface area contributed by atoms with Gasteiger partial charge >= 0.3 is 6.18 Å². The Morgan fingerprint density at radius 2 is 1.74 bits per heavy atom. The summed E-state index contributed by atoms with van der Waals surface area (Å²) in [5, 5.41) is 3.10. The molecule has 0 spiro atoms. The molecule has 0 bridgehead atoms. The van der Waals surface area contributed by atoms with Crippen LogP contribution < -0.4 is 5.32 Å². The normalized spacial score (nSPS) is 11.4. The van der Waals surface area contributed by atoms with E-state index in [0.29, 0.717) is 16.6 Å². The molecule has 2 heterocycles. The van der Waals surface area contributed by atoms with Crippen molar-refractivity contribution >= 4 is 22.5 Å². The number of amides is 1. The lowest BCUT2D eigenvalue weighted by atomic mass is 10.1. The van der Waals surface area contributed by atoms with Gasteiger partial charge in [-0.25, -0.2) is 0 Å². The molecule has 0 fully saturated rings. The van der Waals surface area contributed by atoms with Gasteiger partial charge in [-0.05, 0) is 30.3 Å². The van der Waals surface area contributed by atoms with Gasteiger partial charge in [0, 0.05) is 29.5 Å². The van der Waals surface area contributed by atoms with Crippen molar-refractivity contribution < 1.29 is 18.0 Å². The number of carbonyl (C=O) groups is 1. The molecule has 3 rings (SSSR count). The van der Waals surface area contributed by atoms with E-state index in [0.717, 1.165) is 12.1 Å². The average molecular weight is 317 g/mol. The van der Waals surface area contributed by atoms with Crippen molar-refractivity contribution in [1.82, 2.24) is 9.97 Å². The molecule has 2 aromatic heterocycles. The number of alkyl halides is 3. The van der Waals surface area contributed by atoms with Crippen LogP contribution in [0.1, 0.15) is 15.9 Å². The minimum atomic E-state index is -4.44. The first-order valence-corrected chi connectivity index (χ1v) is 6.62. The van der Waals surface area contributed by atoms with Crippen LogP contribution in [0.15, 0.2) is 55.0 Å². The topological polar surface area (TPSA) is 54.9 Å². The molecule has 4 nitrogen and oxygen atoms in total. The van der Waals surface area contributed by atoms with Gasteiger partial charge in [-0.15, -0.1) is 0 Å². The van der Waals surface area contributed by atoms with Gasteiger partial charge in [0.05, 0.1) is 16.8 Å². The lowest BCUT2D eigenvalue weighted by Gasteiger charge is -2.11. The molecular weight excluding hydrogens is 307 g/mol. The highest BCUT2D eigenvalue weighted by atomic mass is 19.4. The first-order valence-electron chi connectivity index (χ1n) is 6.62. The lowest BCUT2D eigenvalue weighted by Crippen LogP contribution is -2.12. The summed E-state index contributed by atoms with van der Waals surface area (Å²) in [6, 6.07) is 7.84. The number of fused-ring (bicyclic) bond motifs is 1. The third kappa shape index (κ3) is 3.13. The van der Waals surface area contributed by atoms with Crippen LogP contribution in [0.5, 0.6) is 0 Å². The minimum absolute atomic E-state index is 0.160. The number of halogens is 3. The highest BCUT2D eigenvalue weighted by Gasteiger charge is 2.30. The predicted octanol–water partition coefficient (Wildman–Crippen LogP) is 3.90. The monoisotopic (exact) mass is 317 g/mol. The highest BCUT2D eigenvalue weighted by Crippen LogP contribution is 2.32. The fourth-order valence-electron chi connectivity index (χ4n) is 2.13. The molecule has 0 unspecified atom stereocenters. The number of pyridine rings is 2. The van der Waals surface area contributed by atoms with Gasteiger partial charge < -0.3 is 5.32 Å². The first-order chi connectivity index (χ1) is 10.9. The van der Waals surface area contributed by atoms with E-state index in [1.165, 1.54) is 30.7 Å². The number of benzene rings is 1. The summed E-state index contributed by atoms with van der Waals surface area (Å²) in [6.45, 7) is 0. The van der Waals surface area contributed by atoms with Crippen molar-refractivity contribution in [3.63, 3.8) is 0 Å². The molecule has 0 radical (unpaired) electrons. The molecule has 0 saturated heterocycles. The fourth-order valence-corrected chi connectivity index (χ4v) is 2.13. The molecule has 7 heteroatoms. The smallest absolute Gasteiger partial charge is 0.321 e. The van der Waals surface area contributed by atoms with Crippen molar-refractivity contribution in [3.05, 3.63) is 66.1 Å². The lowest BCUT2D eigenvalue weighted by molar-refractivity contribution is -0.137. The number of carbonyl (C=O) groups excluding carboxylic acids is 1. The summed E-state index contributed by atoms with van der Waals surface area (Å²) in [6.07, 6.45) is -0.124. The Morgan fingerprint density at radius 3 is 2.43 bits per heavy atom. The number of rotatable bonds is 2. The zero-order valence-corrected chi connectivity index (χ0v) is 11.6. The van der Waals surface area contributed by atoms with Crippen molar-refractivity contribution in [2.24, 2.45) is 0 Å². The number of hydrogen-bond donors (Lipinski definition) is 1. The molecule has 0 saturated carbocycles. The molecule has 0 atom stereocenters. The second-order valence-electron chi connectivity index (χ2n) is 4.78. The van der Waals surface area contributed by atoms with E-state index >= 15 is 0 Å². The molecular formula is C16H10F3N3O. The van der Waals surface area contributed by atoms with Crippen LogP contribution >= 0.6 is 0 Å². The van der Waals surface area contributed by atoms with Gasteiger partial charge in [-0.1, -0.05) is 6.07 Å². The maximum absolute atomic E-state index is 12.7. The number of anilines is 1. The number of nitrogens with one attached hydrogen (secondary N) is 1. The second-order valence-corrected chi connectivity index (χ2v) is 4.78. The molecule has 0 aliphatic rings. The Morgan fingerprint density at radius 1 is 1.00 bits per heavy atom. The van der Waals surface area contributed by atoms with E-state index in [-0.39, 0.29) is 11.4 Å². The molecule has 3 aromatic rings. The van der Waals surface area contributed by atoms with E-state index in [2.05, 4.69) is 15.3 Å². The molecule has 1 N–H and O–H groups in total. The molecule has 23 heavy (non-hydrogen) atoms. The predicted molar refractivity (Wildman–Crippen MR) is 78.9 cm³/mol. The Bertz CT molecular complexity index is 863. The van der Waals surface area contributed by atoms with E-state index in [9.17, 15) is 18.0 Å². The van der Waals surface area contributed by atoms with E-state index in [1.807, 2.05) is 0 Å². The van der Waals surface area contributed by atoms with Crippen LogP contribution in [-0.2, 0) is 6.18 Å². The summed E-state index contributed by atoms with van der Waals surface area (Å²) in [4.78, 5) is 19.9. The Hall–Kier alpha value is -2.96. The molecule has 0 aliphatic heterocycles. The van der Waals surface area contributed by atoms with Crippen LogP contribution in [-0.4, -0.2) is 15.9 Å². The number of aromatic nitrogens is 2. The molecule has 1 amide bonds. The summed E-state index contributed by atoms with van der Waals surface area (Å²) < 4.78 is 38.2. The summed E-state index contributed by atoms with van der Waals surface area (Å²) in [5.41, 5.74) is 0.171. The fraction of sp³-hybridized carbons (Fsp3) is 0.0625. The SMILES string of the molecule is O=C(Nc1ccnc2cc(C(F)(F)F)ccc12)c1ccncc1. The van der Waals surface area contributed by atoms with Gasteiger partial charge in [-0.3, -0.25) is 14.8 Å².